The molecule has 5 heteroatoms. The van der Waals surface area contributed by atoms with Crippen molar-refractivity contribution in [3.8, 4) is 0 Å². The highest BCUT2D eigenvalue weighted by Crippen LogP contribution is 2.28. The second-order valence-electron chi connectivity index (χ2n) is 7.65. The molecular weight excluding hydrogens is 304 g/mol. The summed E-state index contributed by atoms with van der Waals surface area (Å²) in [7, 11) is 0. The van der Waals surface area contributed by atoms with Gasteiger partial charge in [-0.25, -0.2) is 4.79 Å². The van der Waals surface area contributed by atoms with Gasteiger partial charge in [0.2, 0.25) is 0 Å². The van der Waals surface area contributed by atoms with Crippen molar-refractivity contribution in [1.82, 2.24) is 10.2 Å². The van der Waals surface area contributed by atoms with E-state index in [-0.39, 0.29) is 6.09 Å². The maximum Gasteiger partial charge on any atom is 0.410 e. The van der Waals surface area contributed by atoms with Crippen molar-refractivity contribution in [1.29, 1.82) is 0 Å². The van der Waals surface area contributed by atoms with Crippen LogP contribution in [0.25, 0.3) is 0 Å². The Hall–Kier alpha value is -1.59. The molecule has 0 radical (unpaired) electrons. The lowest BCUT2D eigenvalue weighted by Crippen LogP contribution is -2.33. The average Bonchev–Trinajstić information content (AvgIpc) is 2.97. The highest BCUT2D eigenvalue weighted by molar-refractivity contribution is 5.69. The Balaban J connectivity index is 1.62. The SMILES string of the molecule is CC(C)(C)OC(=O)N1Cc2cccc(COC3CCNCC3)c2C1. The van der Waals surface area contributed by atoms with Crippen LogP contribution in [0.2, 0.25) is 0 Å². The van der Waals surface area contributed by atoms with Gasteiger partial charge in [0.05, 0.1) is 19.3 Å². The summed E-state index contributed by atoms with van der Waals surface area (Å²) in [5, 5.41) is 3.35. The summed E-state index contributed by atoms with van der Waals surface area (Å²) in [4.78, 5) is 14.1. The van der Waals surface area contributed by atoms with Crippen molar-refractivity contribution >= 4 is 6.09 Å². The van der Waals surface area contributed by atoms with E-state index in [1.54, 1.807) is 4.90 Å². The third-order valence-electron chi connectivity index (χ3n) is 4.49. The highest BCUT2D eigenvalue weighted by atomic mass is 16.6. The van der Waals surface area contributed by atoms with E-state index in [4.69, 9.17) is 9.47 Å². The van der Waals surface area contributed by atoms with E-state index in [2.05, 4.69) is 23.5 Å². The molecule has 5 nitrogen and oxygen atoms in total. The molecule has 1 aromatic rings. The molecular formula is C19H28N2O3. The minimum absolute atomic E-state index is 0.246. The molecule has 0 unspecified atom stereocenters. The van der Waals surface area contributed by atoms with Gasteiger partial charge in [0, 0.05) is 6.54 Å². The lowest BCUT2D eigenvalue weighted by molar-refractivity contribution is 0.0193. The van der Waals surface area contributed by atoms with E-state index >= 15 is 0 Å². The Morgan fingerprint density at radius 2 is 2.00 bits per heavy atom. The van der Waals surface area contributed by atoms with Gasteiger partial charge in [0.1, 0.15) is 5.60 Å². The second-order valence-corrected chi connectivity index (χ2v) is 7.65. The van der Waals surface area contributed by atoms with E-state index in [1.807, 2.05) is 20.8 Å². The largest absolute Gasteiger partial charge is 0.444 e. The molecule has 0 spiro atoms. The molecule has 0 aromatic heterocycles. The number of piperidine rings is 1. The molecule has 0 atom stereocenters. The third-order valence-corrected chi connectivity index (χ3v) is 4.49. The minimum Gasteiger partial charge on any atom is -0.444 e. The summed E-state index contributed by atoms with van der Waals surface area (Å²) in [5.74, 6) is 0. The molecule has 2 aliphatic rings. The van der Waals surface area contributed by atoms with E-state index in [9.17, 15) is 4.79 Å². The summed E-state index contributed by atoms with van der Waals surface area (Å²) in [6, 6.07) is 6.25. The van der Waals surface area contributed by atoms with Crippen LogP contribution < -0.4 is 5.32 Å². The maximum atomic E-state index is 12.3. The Kier molecular flexibility index (Phi) is 5.11. The molecule has 0 bridgehead atoms. The fourth-order valence-corrected chi connectivity index (χ4v) is 3.25. The van der Waals surface area contributed by atoms with Crippen LogP contribution in [0.4, 0.5) is 4.79 Å². The minimum atomic E-state index is -0.465. The van der Waals surface area contributed by atoms with Crippen LogP contribution in [0.3, 0.4) is 0 Å². The van der Waals surface area contributed by atoms with Gasteiger partial charge in [-0.05, 0) is 63.4 Å². The monoisotopic (exact) mass is 332 g/mol. The Labute approximate surface area is 144 Å². The normalized spacial score (nSPS) is 18.5. The van der Waals surface area contributed by atoms with Crippen LogP contribution in [0.15, 0.2) is 18.2 Å². The van der Waals surface area contributed by atoms with E-state index < -0.39 is 5.60 Å². The van der Waals surface area contributed by atoms with Crippen LogP contribution in [-0.2, 0) is 29.2 Å². The van der Waals surface area contributed by atoms with Gasteiger partial charge in [-0.15, -0.1) is 0 Å². The zero-order valence-corrected chi connectivity index (χ0v) is 14.9. The van der Waals surface area contributed by atoms with Crippen LogP contribution >= 0.6 is 0 Å². The van der Waals surface area contributed by atoms with Gasteiger partial charge in [0.25, 0.3) is 0 Å². The zero-order valence-electron chi connectivity index (χ0n) is 14.9. The number of nitrogens with one attached hydrogen (secondary N) is 1. The molecule has 3 rings (SSSR count). The molecule has 0 aliphatic carbocycles. The molecule has 1 fully saturated rings. The first-order valence-electron chi connectivity index (χ1n) is 8.82. The number of benzene rings is 1. The molecule has 24 heavy (non-hydrogen) atoms. The smallest absolute Gasteiger partial charge is 0.410 e. The molecule has 1 aromatic carbocycles. The first kappa shape index (κ1) is 17.2. The van der Waals surface area contributed by atoms with Crippen LogP contribution in [0.5, 0.6) is 0 Å². The standard InChI is InChI=1S/C19H28N2O3/c1-19(2,3)24-18(22)21-11-14-5-4-6-15(17(14)12-21)13-23-16-7-9-20-10-8-16/h4-6,16,20H,7-13H2,1-3H3. The summed E-state index contributed by atoms with van der Waals surface area (Å²) in [6.07, 6.45) is 2.23. The topological polar surface area (TPSA) is 50.8 Å². The summed E-state index contributed by atoms with van der Waals surface area (Å²) in [6.45, 7) is 9.59. The van der Waals surface area contributed by atoms with E-state index in [1.165, 1.54) is 16.7 Å². The Morgan fingerprint density at radius 1 is 1.25 bits per heavy atom. The average molecular weight is 332 g/mol. The predicted molar refractivity (Wildman–Crippen MR) is 92.6 cm³/mol. The summed E-state index contributed by atoms with van der Waals surface area (Å²) >= 11 is 0. The van der Waals surface area contributed by atoms with Gasteiger partial charge in [-0.3, -0.25) is 4.90 Å². The third kappa shape index (κ3) is 4.28. The fourth-order valence-electron chi connectivity index (χ4n) is 3.25. The number of ether oxygens (including phenoxy) is 2. The Morgan fingerprint density at radius 3 is 2.71 bits per heavy atom. The summed E-state index contributed by atoms with van der Waals surface area (Å²) < 4.78 is 11.6. The molecule has 1 saturated heterocycles. The maximum absolute atomic E-state index is 12.3. The number of rotatable bonds is 3. The second kappa shape index (κ2) is 7.11. The number of nitrogens with zero attached hydrogens (tertiary/aromatic N) is 1. The lowest BCUT2D eigenvalue weighted by Gasteiger charge is -2.24. The first-order valence-corrected chi connectivity index (χ1v) is 8.82. The number of hydrogen-bond donors (Lipinski definition) is 1. The van der Waals surface area contributed by atoms with Gasteiger partial charge in [-0.1, -0.05) is 18.2 Å². The molecule has 2 aliphatic heterocycles. The molecule has 2 heterocycles. The van der Waals surface area contributed by atoms with Gasteiger partial charge in [-0.2, -0.15) is 0 Å². The van der Waals surface area contributed by atoms with E-state index in [0.717, 1.165) is 25.9 Å². The number of hydrogen-bond acceptors (Lipinski definition) is 4. The van der Waals surface area contributed by atoms with Gasteiger partial charge >= 0.3 is 6.09 Å². The molecule has 0 saturated carbocycles. The van der Waals surface area contributed by atoms with Crippen molar-refractivity contribution in [2.75, 3.05) is 13.1 Å². The number of carbonyl (C=O) groups excluding carboxylic acids is 1. The molecule has 132 valence electrons. The Bertz CT molecular complexity index is 589. The zero-order chi connectivity index (χ0) is 17.2. The number of carbonyl (C=O) groups is 1. The number of fused-ring (bicyclic) bond motifs is 1. The lowest BCUT2D eigenvalue weighted by atomic mass is 10.0. The molecule has 1 amide bonds. The van der Waals surface area contributed by atoms with Gasteiger partial charge < -0.3 is 14.8 Å². The van der Waals surface area contributed by atoms with Crippen molar-refractivity contribution in [2.24, 2.45) is 0 Å². The highest BCUT2D eigenvalue weighted by Gasteiger charge is 2.29. The van der Waals surface area contributed by atoms with Crippen LogP contribution in [0, 0.1) is 0 Å². The van der Waals surface area contributed by atoms with Gasteiger partial charge in [0.15, 0.2) is 0 Å². The quantitative estimate of drug-likeness (QED) is 0.923. The first-order chi connectivity index (χ1) is 11.4. The van der Waals surface area contributed by atoms with Crippen molar-refractivity contribution < 1.29 is 14.3 Å². The fraction of sp³-hybridized carbons (Fsp3) is 0.632. The van der Waals surface area contributed by atoms with Crippen molar-refractivity contribution in [3.63, 3.8) is 0 Å². The number of amides is 1. The summed E-state index contributed by atoms with van der Waals surface area (Å²) in [5.41, 5.74) is 3.15. The van der Waals surface area contributed by atoms with E-state index in [0.29, 0.717) is 25.8 Å². The molecule has 1 N–H and O–H groups in total. The predicted octanol–water partition coefficient (Wildman–Crippen LogP) is 3.21. The van der Waals surface area contributed by atoms with Crippen LogP contribution in [0.1, 0.15) is 50.3 Å². The van der Waals surface area contributed by atoms with Crippen LogP contribution in [-0.4, -0.2) is 35.8 Å². The van der Waals surface area contributed by atoms with Crippen molar-refractivity contribution in [3.05, 3.63) is 34.9 Å². The van der Waals surface area contributed by atoms with Crippen molar-refractivity contribution in [2.45, 2.75) is 65.0 Å².